The van der Waals surface area contributed by atoms with Crippen LogP contribution in [0.1, 0.15) is 99.9 Å². The van der Waals surface area contributed by atoms with Gasteiger partial charge in [0.05, 0.1) is 0 Å². The van der Waals surface area contributed by atoms with E-state index >= 15 is 0 Å². The predicted octanol–water partition coefficient (Wildman–Crippen LogP) is 11.4. The second-order valence-electron chi connectivity index (χ2n) is 10.4. The number of aryl methyl sites for hydroxylation is 4. The largest absolute Gasteiger partial charge is 0.0613 e. The summed E-state index contributed by atoms with van der Waals surface area (Å²) in [6.07, 6.45) is 8.84. The van der Waals surface area contributed by atoms with Crippen LogP contribution in [0.5, 0.6) is 0 Å². The topological polar surface area (TPSA) is 0 Å². The maximum Gasteiger partial charge on any atom is 0.0215 e. The van der Waals surface area contributed by atoms with Crippen molar-refractivity contribution in [3.05, 3.63) is 75.9 Å². The van der Waals surface area contributed by atoms with Gasteiger partial charge in [-0.2, -0.15) is 0 Å². The van der Waals surface area contributed by atoms with Crippen molar-refractivity contribution in [2.45, 2.75) is 107 Å². The Balaban J connectivity index is 2.13. The molecule has 0 saturated carbocycles. The van der Waals surface area contributed by atoms with Crippen LogP contribution in [0.25, 0.3) is 32.7 Å². The van der Waals surface area contributed by atoms with Crippen LogP contribution in [-0.2, 0) is 51.4 Å². The van der Waals surface area contributed by atoms with Gasteiger partial charge < -0.3 is 0 Å². The molecule has 0 N–H and O–H groups in total. The van der Waals surface area contributed by atoms with Gasteiger partial charge in [0.25, 0.3) is 0 Å². The van der Waals surface area contributed by atoms with Crippen LogP contribution >= 0.6 is 45.2 Å². The van der Waals surface area contributed by atoms with Gasteiger partial charge in [0.15, 0.2) is 0 Å². The monoisotopic (exact) mass is 730 g/mol. The first-order valence-corrected chi connectivity index (χ1v) is 17.1. The molecule has 0 unspecified atom stereocenters. The van der Waals surface area contributed by atoms with Crippen molar-refractivity contribution in [3.63, 3.8) is 0 Å². The molecule has 0 bridgehead atoms. The van der Waals surface area contributed by atoms with Gasteiger partial charge in [0.2, 0.25) is 0 Å². The standard InChI is InChI=1S/C36H44I2/c1-9-21-23(11-3)27(15-7)31-19-35(37)33(17-29(31)25(21)13-5)34-18-30-26(14-6)22(10-2)24(12-4)28(16-8)32(30)20-36(34)38/h17-20H,9-16H2,1-8H3. The number of hydrogen-bond acceptors (Lipinski definition) is 0. The van der Waals surface area contributed by atoms with Crippen molar-refractivity contribution in [1.82, 2.24) is 0 Å². The number of rotatable bonds is 9. The summed E-state index contributed by atoms with van der Waals surface area (Å²) in [5, 5.41) is 5.91. The van der Waals surface area contributed by atoms with Gasteiger partial charge in [0, 0.05) is 7.14 Å². The summed E-state index contributed by atoms with van der Waals surface area (Å²) >= 11 is 5.21. The molecule has 0 nitrogen and oxygen atoms in total. The molecule has 0 radical (unpaired) electrons. The van der Waals surface area contributed by atoms with Gasteiger partial charge >= 0.3 is 0 Å². The zero-order valence-electron chi connectivity index (χ0n) is 24.7. The van der Waals surface area contributed by atoms with E-state index in [1.54, 1.807) is 44.5 Å². The lowest BCUT2D eigenvalue weighted by atomic mass is 9.82. The Morgan fingerprint density at radius 1 is 0.342 bits per heavy atom. The van der Waals surface area contributed by atoms with Crippen molar-refractivity contribution in [2.75, 3.05) is 0 Å². The Bertz CT molecular complexity index is 1390. The molecule has 4 aromatic rings. The third kappa shape index (κ3) is 4.84. The van der Waals surface area contributed by atoms with E-state index < -0.39 is 0 Å². The molecule has 0 saturated heterocycles. The molecule has 4 rings (SSSR count). The highest BCUT2D eigenvalue weighted by Gasteiger charge is 2.21. The van der Waals surface area contributed by atoms with Crippen molar-refractivity contribution in [3.8, 4) is 11.1 Å². The van der Waals surface area contributed by atoms with Crippen LogP contribution in [0.15, 0.2) is 24.3 Å². The Labute approximate surface area is 258 Å². The maximum atomic E-state index is 2.60. The van der Waals surface area contributed by atoms with E-state index in [4.69, 9.17) is 0 Å². The average molecular weight is 731 g/mol. The minimum atomic E-state index is 1.09. The van der Waals surface area contributed by atoms with E-state index in [2.05, 4.69) is 125 Å². The van der Waals surface area contributed by atoms with E-state index in [0.717, 1.165) is 51.4 Å². The highest BCUT2D eigenvalue weighted by molar-refractivity contribution is 14.1. The molecule has 0 fully saturated rings. The first-order valence-electron chi connectivity index (χ1n) is 14.9. The minimum absolute atomic E-state index is 1.09. The van der Waals surface area contributed by atoms with E-state index in [-0.39, 0.29) is 0 Å². The fraction of sp³-hybridized carbons (Fsp3) is 0.444. The normalized spacial score (nSPS) is 11.7. The van der Waals surface area contributed by atoms with Crippen LogP contribution in [0, 0.1) is 7.14 Å². The van der Waals surface area contributed by atoms with E-state index in [1.165, 1.54) is 39.8 Å². The highest BCUT2D eigenvalue weighted by atomic mass is 127. The van der Waals surface area contributed by atoms with Gasteiger partial charge in [0.1, 0.15) is 0 Å². The molecular weight excluding hydrogens is 686 g/mol. The molecule has 0 aliphatic heterocycles. The average Bonchev–Trinajstić information content (AvgIpc) is 2.93. The van der Waals surface area contributed by atoms with Crippen LogP contribution < -0.4 is 0 Å². The summed E-state index contributed by atoms with van der Waals surface area (Å²) < 4.78 is 2.73. The highest BCUT2D eigenvalue weighted by Crippen LogP contribution is 2.42. The molecule has 202 valence electrons. The second kappa shape index (κ2) is 12.6. The lowest BCUT2D eigenvalue weighted by molar-refractivity contribution is 0.960. The smallest absolute Gasteiger partial charge is 0.0215 e. The third-order valence-corrected chi connectivity index (χ3v) is 10.6. The summed E-state index contributed by atoms with van der Waals surface area (Å²) in [4.78, 5) is 0. The summed E-state index contributed by atoms with van der Waals surface area (Å²) in [7, 11) is 0. The molecule has 0 amide bonds. The van der Waals surface area contributed by atoms with Gasteiger partial charge in [-0.1, -0.05) is 55.4 Å². The van der Waals surface area contributed by atoms with Crippen molar-refractivity contribution in [2.24, 2.45) is 0 Å². The zero-order valence-corrected chi connectivity index (χ0v) is 29.0. The molecule has 4 aromatic carbocycles. The van der Waals surface area contributed by atoms with Crippen molar-refractivity contribution >= 4 is 66.7 Å². The molecule has 0 heterocycles. The fourth-order valence-corrected chi connectivity index (χ4v) is 8.77. The molecule has 0 aromatic heterocycles. The maximum absolute atomic E-state index is 2.60. The first-order chi connectivity index (χ1) is 18.3. The quantitative estimate of drug-likeness (QED) is 0.150. The molecular formula is C36H44I2. The number of fused-ring (bicyclic) bond motifs is 2. The Morgan fingerprint density at radius 2 is 0.553 bits per heavy atom. The van der Waals surface area contributed by atoms with Crippen molar-refractivity contribution in [1.29, 1.82) is 0 Å². The van der Waals surface area contributed by atoms with E-state index in [1.807, 2.05) is 0 Å². The van der Waals surface area contributed by atoms with Gasteiger partial charge in [-0.15, -0.1) is 0 Å². The van der Waals surface area contributed by atoms with Gasteiger partial charge in [-0.3, -0.25) is 0 Å². The molecule has 0 aliphatic carbocycles. The number of halogens is 2. The number of benzene rings is 4. The summed E-state index contributed by atoms with van der Waals surface area (Å²) in [6, 6.07) is 10.1. The van der Waals surface area contributed by atoms with Crippen LogP contribution in [0.3, 0.4) is 0 Å². The van der Waals surface area contributed by atoms with Crippen LogP contribution in [0.2, 0.25) is 0 Å². The lowest BCUT2D eigenvalue weighted by Gasteiger charge is -2.23. The molecule has 0 spiro atoms. The Kier molecular flexibility index (Phi) is 9.88. The van der Waals surface area contributed by atoms with E-state index in [9.17, 15) is 0 Å². The summed E-state index contributed by atoms with van der Waals surface area (Å²) in [6.45, 7) is 18.7. The van der Waals surface area contributed by atoms with Gasteiger partial charge in [-0.25, -0.2) is 0 Å². The number of hydrogen-bond donors (Lipinski definition) is 0. The SMILES string of the molecule is CCc1c(CC)c(CC)c2cc(-c3cc4c(CC)c(CC)c(CC)c(CC)c4cc3I)c(I)cc2c1CC. The molecule has 0 atom stereocenters. The summed E-state index contributed by atoms with van der Waals surface area (Å²) in [5.41, 5.74) is 15.4. The lowest BCUT2D eigenvalue weighted by Crippen LogP contribution is -2.06. The minimum Gasteiger partial charge on any atom is -0.0613 e. The zero-order chi connectivity index (χ0) is 27.7. The Hall–Kier alpha value is -1.14. The van der Waals surface area contributed by atoms with Crippen LogP contribution in [0.4, 0.5) is 0 Å². The molecule has 38 heavy (non-hydrogen) atoms. The fourth-order valence-electron chi connectivity index (χ4n) is 7.26. The third-order valence-electron chi connectivity index (χ3n) is 8.82. The van der Waals surface area contributed by atoms with Crippen LogP contribution in [-0.4, -0.2) is 0 Å². The Morgan fingerprint density at radius 3 is 0.763 bits per heavy atom. The van der Waals surface area contributed by atoms with Crippen molar-refractivity contribution < 1.29 is 0 Å². The van der Waals surface area contributed by atoms with Gasteiger partial charge in [-0.05, 0) is 198 Å². The molecule has 0 aliphatic rings. The second-order valence-corrected chi connectivity index (χ2v) is 12.7. The van der Waals surface area contributed by atoms with E-state index in [0.29, 0.717) is 0 Å². The molecule has 2 heteroatoms. The summed E-state index contributed by atoms with van der Waals surface area (Å²) in [5.74, 6) is 0. The first kappa shape index (κ1) is 29.8. The predicted molar refractivity (Wildman–Crippen MR) is 187 cm³/mol.